The van der Waals surface area contributed by atoms with E-state index in [1.807, 2.05) is 0 Å². The summed E-state index contributed by atoms with van der Waals surface area (Å²) in [6.45, 7) is 0.0262. The van der Waals surface area contributed by atoms with Crippen molar-refractivity contribution in [2.75, 3.05) is 25.7 Å². The molecule has 1 heterocycles. The minimum atomic E-state index is -0.400. The van der Waals surface area contributed by atoms with Crippen molar-refractivity contribution in [1.82, 2.24) is 5.32 Å². The van der Waals surface area contributed by atoms with Crippen molar-refractivity contribution in [2.45, 2.75) is 18.9 Å². The molecule has 0 bridgehead atoms. The van der Waals surface area contributed by atoms with E-state index in [0.29, 0.717) is 17.2 Å². The van der Waals surface area contributed by atoms with Gasteiger partial charge in [-0.3, -0.25) is 9.59 Å². The summed E-state index contributed by atoms with van der Waals surface area (Å²) in [4.78, 5) is 26.0. The molecule has 1 atom stereocenters. The Morgan fingerprint density at radius 1 is 1.10 bits per heavy atom. The molecule has 21 heavy (non-hydrogen) atoms. The fourth-order valence-electron chi connectivity index (χ4n) is 2.59. The summed E-state index contributed by atoms with van der Waals surface area (Å²) in [6, 6.07) is 4.81. The lowest BCUT2D eigenvalue weighted by atomic mass is 10.1. The van der Waals surface area contributed by atoms with Crippen LogP contribution in [0.1, 0.15) is 12.8 Å². The fourth-order valence-corrected chi connectivity index (χ4v) is 2.59. The molecule has 1 unspecified atom stereocenters. The van der Waals surface area contributed by atoms with E-state index in [2.05, 4.69) is 5.32 Å². The van der Waals surface area contributed by atoms with Gasteiger partial charge in [-0.25, -0.2) is 0 Å². The zero-order valence-electron chi connectivity index (χ0n) is 12.1. The highest BCUT2D eigenvalue weighted by molar-refractivity contribution is 6.07. The minimum absolute atomic E-state index is 0.0262. The quantitative estimate of drug-likeness (QED) is 0.896. The standard InChI is InChI=1S/C15H18N2O4/c1-20-11-5-10(6-12(7-11)21-2)17-8-13(18)16-14(15(17)19)9-3-4-9/h5-7,9,14H,3-4,8H2,1-2H3,(H,16,18). The Labute approximate surface area is 123 Å². The molecule has 1 aliphatic heterocycles. The predicted octanol–water partition coefficient (Wildman–Crippen LogP) is 0.945. The number of carbonyl (C=O) groups excluding carboxylic acids is 2. The van der Waals surface area contributed by atoms with Crippen LogP contribution in [-0.4, -0.2) is 38.6 Å². The van der Waals surface area contributed by atoms with E-state index in [4.69, 9.17) is 9.47 Å². The van der Waals surface area contributed by atoms with Gasteiger partial charge in [0.2, 0.25) is 11.8 Å². The molecule has 1 saturated heterocycles. The smallest absolute Gasteiger partial charge is 0.250 e. The van der Waals surface area contributed by atoms with E-state index in [1.165, 1.54) is 4.90 Å². The molecule has 3 rings (SSSR count). The number of hydrogen-bond acceptors (Lipinski definition) is 4. The van der Waals surface area contributed by atoms with Crippen LogP contribution in [0.3, 0.4) is 0 Å². The number of nitrogens with one attached hydrogen (secondary N) is 1. The first kappa shape index (κ1) is 13.7. The molecule has 0 radical (unpaired) electrons. The van der Waals surface area contributed by atoms with E-state index < -0.39 is 6.04 Å². The highest BCUT2D eigenvalue weighted by Gasteiger charge is 2.43. The van der Waals surface area contributed by atoms with E-state index in [-0.39, 0.29) is 24.3 Å². The summed E-state index contributed by atoms with van der Waals surface area (Å²) in [6.07, 6.45) is 1.98. The Bertz CT molecular complexity index is 561. The van der Waals surface area contributed by atoms with Crippen LogP contribution < -0.4 is 19.7 Å². The summed E-state index contributed by atoms with van der Waals surface area (Å²) < 4.78 is 10.4. The average molecular weight is 290 g/mol. The molecule has 1 aromatic carbocycles. The monoisotopic (exact) mass is 290 g/mol. The molecule has 2 aliphatic rings. The number of amides is 2. The number of piperazine rings is 1. The summed E-state index contributed by atoms with van der Waals surface area (Å²) in [5, 5.41) is 2.79. The first-order chi connectivity index (χ1) is 10.1. The highest BCUT2D eigenvalue weighted by atomic mass is 16.5. The number of rotatable bonds is 4. The molecule has 1 aliphatic carbocycles. The second-order valence-corrected chi connectivity index (χ2v) is 5.38. The highest BCUT2D eigenvalue weighted by Crippen LogP contribution is 2.36. The molecule has 6 nitrogen and oxygen atoms in total. The summed E-state index contributed by atoms with van der Waals surface area (Å²) >= 11 is 0. The molecule has 1 aromatic rings. The van der Waals surface area contributed by atoms with Crippen LogP contribution in [0, 0.1) is 5.92 Å². The van der Waals surface area contributed by atoms with Gasteiger partial charge < -0.3 is 19.7 Å². The minimum Gasteiger partial charge on any atom is -0.497 e. The molecule has 1 saturated carbocycles. The second kappa shape index (κ2) is 5.27. The SMILES string of the molecule is COc1cc(OC)cc(N2CC(=O)NC(C3CC3)C2=O)c1. The normalized spacial score (nSPS) is 22.0. The first-order valence-corrected chi connectivity index (χ1v) is 6.96. The molecular formula is C15H18N2O4. The Hall–Kier alpha value is -2.24. The average Bonchev–Trinajstić information content (AvgIpc) is 3.33. The number of nitrogens with zero attached hydrogens (tertiary/aromatic N) is 1. The van der Waals surface area contributed by atoms with Crippen LogP contribution in [0.2, 0.25) is 0 Å². The van der Waals surface area contributed by atoms with Crippen molar-refractivity contribution in [2.24, 2.45) is 5.92 Å². The maximum absolute atomic E-state index is 12.6. The van der Waals surface area contributed by atoms with E-state index in [9.17, 15) is 9.59 Å². The van der Waals surface area contributed by atoms with Crippen molar-refractivity contribution in [1.29, 1.82) is 0 Å². The van der Waals surface area contributed by atoms with Crippen LogP contribution in [0.5, 0.6) is 11.5 Å². The third kappa shape index (κ3) is 2.66. The topological polar surface area (TPSA) is 67.9 Å². The largest absolute Gasteiger partial charge is 0.497 e. The molecular weight excluding hydrogens is 272 g/mol. The van der Waals surface area contributed by atoms with Crippen LogP contribution in [0.25, 0.3) is 0 Å². The number of carbonyl (C=O) groups is 2. The van der Waals surface area contributed by atoms with Gasteiger partial charge in [-0.2, -0.15) is 0 Å². The lowest BCUT2D eigenvalue weighted by molar-refractivity contribution is -0.131. The van der Waals surface area contributed by atoms with E-state index in [1.54, 1.807) is 32.4 Å². The Morgan fingerprint density at radius 2 is 1.71 bits per heavy atom. The van der Waals surface area contributed by atoms with Gasteiger partial charge >= 0.3 is 0 Å². The van der Waals surface area contributed by atoms with Gasteiger partial charge in [-0.15, -0.1) is 0 Å². The lowest BCUT2D eigenvalue weighted by Crippen LogP contribution is -2.59. The lowest BCUT2D eigenvalue weighted by Gasteiger charge is -2.33. The summed E-state index contributed by atoms with van der Waals surface area (Å²) in [5.74, 6) is 1.26. The van der Waals surface area contributed by atoms with Gasteiger partial charge in [0.1, 0.15) is 24.1 Å². The van der Waals surface area contributed by atoms with Gasteiger partial charge in [0.25, 0.3) is 0 Å². The number of anilines is 1. The van der Waals surface area contributed by atoms with E-state index in [0.717, 1.165) is 12.8 Å². The van der Waals surface area contributed by atoms with Crippen molar-refractivity contribution >= 4 is 17.5 Å². The Morgan fingerprint density at radius 3 is 2.24 bits per heavy atom. The van der Waals surface area contributed by atoms with Gasteiger partial charge in [0, 0.05) is 18.2 Å². The van der Waals surface area contributed by atoms with Crippen molar-refractivity contribution in [3.63, 3.8) is 0 Å². The predicted molar refractivity (Wildman–Crippen MR) is 76.6 cm³/mol. The molecule has 6 heteroatoms. The maximum Gasteiger partial charge on any atom is 0.250 e. The second-order valence-electron chi connectivity index (χ2n) is 5.38. The van der Waals surface area contributed by atoms with E-state index >= 15 is 0 Å². The molecule has 1 N–H and O–H groups in total. The number of ether oxygens (including phenoxy) is 2. The summed E-state index contributed by atoms with van der Waals surface area (Å²) in [5.41, 5.74) is 0.622. The van der Waals surface area contributed by atoms with Gasteiger partial charge in [0.05, 0.1) is 19.9 Å². The third-order valence-corrected chi connectivity index (χ3v) is 3.89. The van der Waals surface area contributed by atoms with Crippen LogP contribution >= 0.6 is 0 Å². The van der Waals surface area contributed by atoms with Crippen molar-refractivity contribution < 1.29 is 19.1 Å². The number of benzene rings is 1. The maximum atomic E-state index is 12.6. The van der Waals surface area contributed by atoms with Gasteiger partial charge in [0.15, 0.2) is 0 Å². The van der Waals surface area contributed by atoms with Gasteiger partial charge in [-0.1, -0.05) is 0 Å². The Balaban J connectivity index is 1.93. The molecule has 2 fully saturated rings. The summed E-state index contributed by atoms with van der Waals surface area (Å²) in [7, 11) is 3.10. The zero-order valence-corrected chi connectivity index (χ0v) is 12.1. The number of hydrogen-bond donors (Lipinski definition) is 1. The number of methoxy groups -OCH3 is 2. The van der Waals surface area contributed by atoms with Crippen LogP contribution in [-0.2, 0) is 9.59 Å². The van der Waals surface area contributed by atoms with Crippen molar-refractivity contribution in [3.8, 4) is 11.5 Å². The first-order valence-electron chi connectivity index (χ1n) is 6.96. The fraction of sp³-hybridized carbons (Fsp3) is 0.467. The van der Waals surface area contributed by atoms with Crippen LogP contribution in [0.4, 0.5) is 5.69 Å². The molecule has 112 valence electrons. The zero-order chi connectivity index (χ0) is 15.0. The molecule has 0 spiro atoms. The Kier molecular flexibility index (Phi) is 3.45. The molecule has 2 amide bonds. The van der Waals surface area contributed by atoms with Crippen molar-refractivity contribution in [3.05, 3.63) is 18.2 Å². The molecule has 0 aromatic heterocycles. The third-order valence-electron chi connectivity index (χ3n) is 3.89. The van der Waals surface area contributed by atoms with Gasteiger partial charge in [-0.05, 0) is 18.8 Å². The van der Waals surface area contributed by atoms with Crippen LogP contribution in [0.15, 0.2) is 18.2 Å².